The van der Waals surface area contributed by atoms with E-state index in [0.29, 0.717) is 38.0 Å². The van der Waals surface area contributed by atoms with Gasteiger partial charge in [0, 0.05) is 17.1 Å². The maximum Gasteiger partial charge on any atom is 0.348 e. The molecule has 0 aliphatic heterocycles. The van der Waals surface area contributed by atoms with Crippen LogP contribution in [0.15, 0.2) is 41.6 Å². The lowest BCUT2D eigenvalue weighted by Crippen LogP contribution is -2.15. The number of fused-ring (bicyclic) bond motifs is 1. The van der Waals surface area contributed by atoms with Crippen molar-refractivity contribution in [2.24, 2.45) is 0 Å². The molecule has 0 bridgehead atoms. The molecule has 4 rings (SSSR count). The Hall–Kier alpha value is -3.64. The van der Waals surface area contributed by atoms with Gasteiger partial charge in [-0.05, 0) is 63.6 Å². The molecule has 0 saturated heterocycles. The molecule has 4 aromatic rings. The molecule has 12 heteroatoms. The summed E-state index contributed by atoms with van der Waals surface area (Å²) in [6, 6.07) is 7.94. The first kappa shape index (κ1) is 23.5. The highest BCUT2D eigenvalue weighted by Gasteiger charge is 2.21. The second kappa shape index (κ2) is 9.31. The minimum atomic E-state index is -3.87. The highest BCUT2D eigenvalue weighted by Crippen LogP contribution is 2.35. The maximum absolute atomic E-state index is 12.8. The van der Waals surface area contributed by atoms with E-state index in [4.69, 9.17) is 4.74 Å². The van der Waals surface area contributed by atoms with Crippen molar-refractivity contribution in [3.05, 3.63) is 58.5 Å². The molecular formula is C22H22N6O4S2. The number of anilines is 3. The zero-order valence-electron chi connectivity index (χ0n) is 18.9. The first-order valence-electron chi connectivity index (χ1n) is 10.3. The van der Waals surface area contributed by atoms with Crippen molar-refractivity contribution in [3.63, 3.8) is 0 Å². The summed E-state index contributed by atoms with van der Waals surface area (Å²) in [6.45, 7) is 7.38. The topological polar surface area (TPSA) is 136 Å². The standard InChI is InChI=1S/C22H22N6O4S2/c1-5-32-21(29)18-14(4)17-19(23-11-24-20(17)33-18)27-15-6-8-16(9-7-15)34(30,31)28-22-25-12(2)10-13(3)26-22/h6-11H,5H2,1-4H3,(H,23,24,27)(H,25,26,28). The van der Waals surface area contributed by atoms with Crippen molar-refractivity contribution >= 4 is 55.0 Å². The summed E-state index contributed by atoms with van der Waals surface area (Å²) < 4.78 is 33.1. The highest BCUT2D eigenvalue weighted by atomic mass is 32.2. The highest BCUT2D eigenvalue weighted by molar-refractivity contribution is 7.92. The Bertz CT molecular complexity index is 1460. The van der Waals surface area contributed by atoms with Gasteiger partial charge < -0.3 is 10.1 Å². The van der Waals surface area contributed by atoms with Crippen molar-refractivity contribution in [1.29, 1.82) is 0 Å². The fourth-order valence-corrected chi connectivity index (χ4v) is 5.35. The van der Waals surface area contributed by atoms with Crippen LogP contribution in [0.5, 0.6) is 0 Å². The SMILES string of the molecule is CCOC(=O)c1sc2ncnc(Nc3ccc(S(=O)(=O)Nc4nc(C)cc(C)n4)cc3)c2c1C. The monoisotopic (exact) mass is 498 g/mol. The van der Waals surface area contributed by atoms with Crippen LogP contribution in [0.1, 0.15) is 33.5 Å². The molecule has 0 radical (unpaired) electrons. The van der Waals surface area contributed by atoms with E-state index in [2.05, 4.69) is 30.0 Å². The van der Waals surface area contributed by atoms with Gasteiger partial charge in [0.15, 0.2) is 0 Å². The molecule has 0 aliphatic carbocycles. The Labute approximate surface area is 200 Å². The number of aryl methyl sites for hydroxylation is 3. The van der Waals surface area contributed by atoms with Crippen molar-refractivity contribution in [3.8, 4) is 0 Å². The molecule has 34 heavy (non-hydrogen) atoms. The number of ether oxygens (including phenoxy) is 1. The molecule has 0 amide bonds. The fraction of sp³-hybridized carbons (Fsp3) is 0.227. The predicted molar refractivity (Wildman–Crippen MR) is 130 cm³/mol. The van der Waals surface area contributed by atoms with E-state index in [9.17, 15) is 13.2 Å². The van der Waals surface area contributed by atoms with Crippen LogP contribution in [-0.2, 0) is 14.8 Å². The Balaban J connectivity index is 1.59. The number of rotatable bonds is 7. The summed E-state index contributed by atoms with van der Waals surface area (Å²) in [5.74, 6) is 0.129. The summed E-state index contributed by atoms with van der Waals surface area (Å²) in [5.41, 5.74) is 2.66. The number of hydrogen-bond acceptors (Lipinski definition) is 10. The van der Waals surface area contributed by atoms with Crippen LogP contribution in [0.4, 0.5) is 17.5 Å². The molecule has 0 fully saturated rings. The first-order valence-corrected chi connectivity index (χ1v) is 12.6. The number of carbonyl (C=O) groups excluding carboxylic acids is 1. The van der Waals surface area contributed by atoms with Crippen molar-refractivity contribution < 1.29 is 17.9 Å². The number of esters is 1. The third kappa shape index (κ3) is 4.82. The van der Waals surface area contributed by atoms with Crippen LogP contribution in [0.2, 0.25) is 0 Å². The van der Waals surface area contributed by atoms with E-state index in [0.717, 1.165) is 5.56 Å². The third-order valence-corrected chi connectivity index (χ3v) is 7.35. The smallest absolute Gasteiger partial charge is 0.348 e. The zero-order chi connectivity index (χ0) is 24.5. The number of hydrogen-bond donors (Lipinski definition) is 2. The second-order valence-corrected chi connectivity index (χ2v) is 10.1. The molecular weight excluding hydrogens is 476 g/mol. The lowest BCUT2D eigenvalue weighted by Gasteiger charge is -2.10. The average molecular weight is 499 g/mol. The largest absolute Gasteiger partial charge is 0.462 e. The summed E-state index contributed by atoms with van der Waals surface area (Å²) in [7, 11) is -3.87. The molecule has 0 atom stereocenters. The van der Waals surface area contributed by atoms with Gasteiger partial charge in [0.1, 0.15) is 21.9 Å². The summed E-state index contributed by atoms with van der Waals surface area (Å²) in [4.78, 5) is 30.3. The van der Waals surface area contributed by atoms with Crippen molar-refractivity contribution in [2.75, 3.05) is 16.6 Å². The van der Waals surface area contributed by atoms with Gasteiger partial charge >= 0.3 is 5.97 Å². The molecule has 0 spiro atoms. The van der Waals surface area contributed by atoms with Gasteiger partial charge in [-0.2, -0.15) is 0 Å². The minimum absolute atomic E-state index is 0.0217. The van der Waals surface area contributed by atoms with E-state index >= 15 is 0 Å². The zero-order valence-corrected chi connectivity index (χ0v) is 20.5. The molecule has 3 heterocycles. The molecule has 3 aromatic heterocycles. The Morgan fingerprint density at radius 1 is 1.06 bits per heavy atom. The molecule has 176 valence electrons. The number of aromatic nitrogens is 4. The third-order valence-electron chi connectivity index (χ3n) is 4.82. The van der Waals surface area contributed by atoms with E-state index in [1.807, 2.05) is 6.92 Å². The summed E-state index contributed by atoms with van der Waals surface area (Å²) in [5, 5.41) is 3.89. The lowest BCUT2D eigenvalue weighted by atomic mass is 10.2. The molecule has 0 saturated carbocycles. The van der Waals surface area contributed by atoms with Crippen molar-refractivity contribution in [2.45, 2.75) is 32.6 Å². The van der Waals surface area contributed by atoms with Crippen LogP contribution in [0.3, 0.4) is 0 Å². The fourth-order valence-electron chi connectivity index (χ4n) is 3.36. The van der Waals surface area contributed by atoms with Crippen LogP contribution >= 0.6 is 11.3 Å². The van der Waals surface area contributed by atoms with Crippen LogP contribution < -0.4 is 10.0 Å². The minimum Gasteiger partial charge on any atom is -0.462 e. The average Bonchev–Trinajstić information content (AvgIpc) is 3.11. The van der Waals surface area contributed by atoms with Gasteiger partial charge in [0.2, 0.25) is 5.95 Å². The summed E-state index contributed by atoms with van der Waals surface area (Å²) in [6.07, 6.45) is 1.40. The van der Waals surface area contributed by atoms with Gasteiger partial charge in [-0.25, -0.2) is 37.9 Å². The molecule has 0 aliphatic rings. The van der Waals surface area contributed by atoms with Gasteiger partial charge in [0.25, 0.3) is 10.0 Å². The van der Waals surface area contributed by atoms with Gasteiger partial charge in [-0.1, -0.05) is 0 Å². The maximum atomic E-state index is 12.8. The van der Waals surface area contributed by atoms with Crippen LogP contribution in [0.25, 0.3) is 10.2 Å². The van der Waals surface area contributed by atoms with E-state index in [1.54, 1.807) is 39.0 Å². The second-order valence-electron chi connectivity index (χ2n) is 7.41. The molecule has 10 nitrogen and oxygen atoms in total. The van der Waals surface area contributed by atoms with Gasteiger partial charge in [-0.3, -0.25) is 0 Å². The Kier molecular flexibility index (Phi) is 6.44. The summed E-state index contributed by atoms with van der Waals surface area (Å²) >= 11 is 1.24. The quantitative estimate of drug-likeness (QED) is 0.360. The molecule has 2 N–H and O–H groups in total. The Morgan fingerprint density at radius 3 is 2.38 bits per heavy atom. The first-order chi connectivity index (χ1) is 16.2. The van der Waals surface area contributed by atoms with E-state index in [-0.39, 0.29) is 17.5 Å². The molecule has 0 unspecified atom stereocenters. The van der Waals surface area contributed by atoms with E-state index < -0.39 is 16.0 Å². The van der Waals surface area contributed by atoms with E-state index in [1.165, 1.54) is 29.8 Å². The molecule has 1 aromatic carbocycles. The number of nitrogens with one attached hydrogen (secondary N) is 2. The Morgan fingerprint density at radius 2 is 1.74 bits per heavy atom. The number of thiophene rings is 1. The number of carbonyl (C=O) groups is 1. The van der Waals surface area contributed by atoms with Gasteiger partial charge in [-0.15, -0.1) is 11.3 Å². The predicted octanol–water partition coefficient (Wildman–Crippen LogP) is 4.13. The van der Waals surface area contributed by atoms with Crippen molar-refractivity contribution in [1.82, 2.24) is 19.9 Å². The normalized spacial score (nSPS) is 11.4. The number of nitrogens with zero attached hydrogens (tertiary/aromatic N) is 4. The number of benzene rings is 1. The van der Waals surface area contributed by atoms with Crippen LogP contribution in [0, 0.1) is 20.8 Å². The lowest BCUT2D eigenvalue weighted by molar-refractivity contribution is 0.0531. The number of sulfonamides is 1. The van der Waals surface area contributed by atoms with Gasteiger partial charge in [0.05, 0.1) is 16.9 Å². The van der Waals surface area contributed by atoms with Crippen LogP contribution in [-0.4, -0.2) is 40.9 Å².